The Morgan fingerprint density at radius 1 is 1.04 bits per heavy atom. The Balaban J connectivity index is 1.55. The molecule has 15 heteroatoms. The summed E-state index contributed by atoms with van der Waals surface area (Å²) in [4.78, 5) is 53.8. The molecule has 0 aliphatic carbocycles. The van der Waals surface area contributed by atoms with Gasteiger partial charge in [-0.3, -0.25) is 29.6 Å². The average molecular weight is 866 g/mol. The molecule has 236 valence electrons. The Kier molecular flexibility index (Phi) is 10.0. The molecule has 1 aromatic heterocycles. The summed E-state index contributed by atoms with van der Waals surface area (Å²) < 4.78 is 14.7. The number of fused-ring (bicyclic) bond motifs is 1. The molecule has 0 unspecified atom stereocenters. The van der Waals surface area contributed by atoms with Crippen molar-refractivity contribution < 1.29 is 24.1 Å². The molecule has 5 rings (SSSR count). The minimum Gasteiger partial charge on any atom is -0.487 e. The second-order valence-corrected chi connectivity index (χ2v) is 13.5. The summed E-state index contributed by atoms with van der Waals surface area (Å²) in [7, 11) is 0. The monoisotopic (exact) mass is 866 g/mol. The molecule has 1 aliphatic rings. The Bertz CT molecular complexity index is 2100. The van der Waals surface area contributed by atoms with Crippen molar-refractivity contribution in [2.75, 3.05) is 6.61 Å². The van der Waals surface area contributed by atoms with Gasteiger partial charge in [0, 0.05) is 23.8 Å². The third kappa shape index (κ3) is 6.75. The molecule has 0 fully saturated rings. The van der Waals surface area contributed by atoms with Crippen LogP contribution in [0.1, 0.15) is 42.1 Å². The number of aromatic nitrogens is 1. The number of non-ortho nitro benzene ring substituents is 1. The highest BCUT2D eigenvalue weighted by atomic mass is 127. The van der Waals surface area contributed by atoms with Crippen molar-refractivity contribution in [1.82, 2.24) is 4.57 Å². The fraction of sp³-hybridized carbons (Fsp3) is 0.194. The highest BCUT2D eigenvalue weighted by molar-refractivity contribution is 14.1. The van der Waals surface area contributed by atoms with Crippen LogP contribution >= 0.6 is 56.5 Å². The SMILES string of the molecule is CCOC(=O)C1=C(C)N=c2s/c(=C/c3cc(I)c(OCc4ccc([N+](=O)[O-])cc4)c(I)c3)c(=O)n2[C@@H]1c1ccc(C)c([N+](=O)[O-])c1. The van der Waals surface area contributed by atoms with E-state index in [9.17, 15) is 29.8 Å². The second kappa shape index (κ2) is 13.8. The van der Waals surface area contributed by atoms with Crippen LogP contribution in [-0.2, 0) is 16.1 Å². The number of halogens is 2. The van der Waals surface area contributed by atoms with E-state index in [0.717, 1.165) is 29.6 Å². The molecular weight excluding hydrogens is 842 g/mol. The highest BCUT2D eigenvalue weighted by Crippen LogP contribution is 2.34. The Hall–Kier alpha value is -3.97. The number of esters is 1. The lowest BCUT2D eigenvalue weighted by Gasteiger charge is -2.24. The maximum atomic E-state index is 14.0. The van der Waals surface area contributed by atoms with Gasteiger partial charge < -0.3 is 9.47 Å². The van der Waals surface area contributed by atoms with Crippen molar-refractivity contribution >= 4 is 79.9 Å². The van der Waals surface area contributed by atoms with E-state index in [4.69, 9.17) is 9.47 Å². The Labute approximate surface area is 292 Å². The summed E-state index contributed by atoms with van der Waals surface area (Å²) in [6.07, 6.45) is 1.73. The molecule has 1 aliphatic heterocycles. The van der Waals surface area contributed by atoms with E-state index >= 15 is 0 Å². The Morgan fingerprint density at radius 3 is 2.33 bits per heavy atom. The van der Waals surface area contributed by atoms with Crippen LogP contribution in [0.3, 0.4) is 0 Å². The number of aryl methyl sites for hydroxylation is 1. The number of hydrogen-bond acceptors (Lipinski definition) is 10. The smallest absolute Gasteiger partial charge is 0.338 e. The van der Waals surface area contributed by atoms with Crippen molar-refractivity contribution in [3.63, 3.8) is 0 Å². The molecule has 0 saturated carbocycles. The van der Waals surface area contributed by atoms with Gasteiger partial charge in [0.1, 0.15) is 12.4 Å². The van der Waals surface area contributed by atoms with Crippen LogP contribution in [0.5, 0.6) is 5.75 Å². The van der Waals surface area contributed by atoms with Crippen molar-refractivity contribution in [2.24, 2.45) is 4.99 Å². The molecular formula is C31H24I2N4O8S. The van der Waals surface area contributed by atoms with Gasteiger partial charge in [-0.05, 0) is 113 Å². The van der Waals surface area contributed by atoms with Crippen LogP contribution < -0.4 is 19.6 Å². The van der Waals surface area contributed by atoms with Crippen molar-refractivity contribution in [3.8, 4) is 5.75 Å². The van der Waals surface area contributed by atoms with Crippen molar-refractivity contribution in [1.29, 1.82) is 0 Å². The number of allylic oxidation sites excluding steroid dienone is 1. The predicted octanol–water partition coefficient (Wildman–Crippen LogP) is 5.71. The number of ether oxygens (including phenoxy) is 2. The van der Waals surface area contributed by atoms with Gasteiger partial charge in [0.25, 0.3) is 16.9 Å². The fourth-order valence-electron chi connectivity index (χ4n) is 4.92. The first-order chi connectivity index (χ1) is 21.9. The van der Waals surface area contributed by atoms with Crippen LogP contribution in [0.25, 0.3) is 6.08 Å². The number of benzene rings is 3. The predicted molar refractivity (Wildman–Crippen MR) is 188 cm³/mol. The standard InChI is InChI=1S/C31H24I2N4O8S/c1-4-44-30(39)26-17(3)34-31-35(27(26)20-8-5-16(2)24(14-20)37(42)43)29(38)25(46-31)13-19-11-22(32)28(23(33)12-19)45-15-18-6-9-21(10-7-18)36(40)41/h5-14,27H,4,15H2,1-3H3/b25-13+/t27-/m1/s1. The molecule has 2 heterocycles. The normalized spacial score (nSPS) is 14.5. The summed E-state index contributed by atoms with van der Waals surface area (Å²) in [5.74, 6) is -0.0199. The van der Waals surface area contributed by atoms with Gasteiger partial charge in [-0.25, -0.2) is 9.79 Å². The van der Waals surface area contributed by atoms with E-state index < -0.39 is 27.4 Å². The van der Waals surface area contributed by atoms with Crippen molar-refractivity contribution in [2.45, 2.75) is 33.4 Å². The van der Waals surface area contributed by atoms with Gasteiger partial charge >= 0.3 is 5.97 Å². The van der Waals surface area contributed by atoms with Crippen LogP contribution in [0.15, 0.2) is 75.7 Å². The number of carbonyl (C=O) groups is 1. The second-order valence-electron chi connectivity index (χ2n) is 10.1. The molecule has 46 heavy (non-hydrogen) atoms. The number of nitro groups is 2. The molecule has 0 N–H and O–H groups in total. The maximum absolute atomic E-state index is 14.0. The van der Waals surface area contributed by atoms with Gasteiger partial charge in [0.15, 0.2) is 4.80 Å². The number of carbonyl (C=O) groups excluding carboxylic acids is 1. The van der Waals surface area contributed by atoms with Crippen LogP contribution in [0.2, 0.25) is 0 Å². The van der Waals surface area contributed by atoms with Crippen LogP contribution in [0, 0.1) is 34.3 Å². The molecule has 0 radical (unpaired) electrons. The van der Waals surface area contributed by atoms with Gasteiger partial charge in [-0.15, -0.1) is 0 Å². The quantitative estimate of drug-likeness (QED) is 0.0897. The number of rotatable bonds is 9. The minimum atomic E-state index is -0.979. The maximum Gasteiger partial charge on any atom is 0.338 e. The summed E-state index contributed by atoms with van der Waals surface area (Å²) >= 11 is 5.45. The zero-order chi connectivity index (χ0) is 33.3. The third-order valence-corrected chi connectivity index (χ3v) is 9.70. The number of hydrogen-bond donors (Lipinski definition) is 0. The van der Waals surface area contributed by atoms with Gasteiger partial charge in [0.2, 0.25) is 0 Å². The summed E-state index contributed by atoms with van der Waals surface area (Å²) in [6.45, 7) is 5.25. The van der Waals surface area contributed by atoms with E-state index in [2.05, 4.69) is 50.2 Å². The lowest BCUT2D eigenvalue weighted by Crippen LogP contribution is -2.40. The van der Waals surface area contributed by atoms with Gasteiger partial charge in [-0.1, -0.05) is 23.5 Å². The van der Waals surface area contributed by atoms with Crippen LogP contribution in [-0.4, -0.2) is 27.0 Å². The number of nitrogens with zero attached hydrogens (tertiary/aromatic N) is 4. The van der Waals surface area contributed by atoms with E-state index in [1.54, 1.807) is 51.1 Å². The molecule has 4 aromatic rings. The third-order valence-electron chi connectivity index (χ3n) is 7.11. The summed E-state index contributed by atoms with van der Waals surface area (Å²) in [5.41, 5.74) is 2.30. The first-order valence-corrected chi connectivity index (χ1v) is 16.7. The number of nitro benzene ring substituents is 2. The van der Waals surface area contributed by atoms with Gasteiger partial charge in [0.05, 0.1) is 45.4 Å². The minimum absolute atomic E-state index is 0.00122. The largest absolute Gasteiger partial charge is 0.487 e. The zero-order valence-corrected chi connectivity index (χ0v) is 29.6. The first-order valence-electron chi connectivity index (χ1n) is 13.7. The molecule has 12 nitrogen and oxygen atoms in total. The van der Waals surface area contributed by atoms with E-state index in [-0.39, 0.29) is 30.2 Å². The molecule has 3 aromatic carbocycles. The lowest BCUT2D eigenvalue weighted by molar-refractivity contribution is -0.385. The van der Waals surface area contributed by atoms with E-state index in [1.807, 2.05) is 12.1 Å². The summed E-state index contributed by atoms with van der Waals surface area (Å²) in [5, 5.41) is 22.7. The van der Waals surface area contributed by atoms with Crippen LogP contribution in [0.4, 0.5) is 11.4 Å². The van der Waals surface area contributed by atoms with Gasteiger partial charge in [-0.2, -0.15) is 0 Å². The zero-order valence-electron chi connectivity index (χ0n) is 24.5. The molecule has 1 atom stereocenters. The topological polar surface area (TPSA) is 156 Å². The fourth-order valence-corrected chi connectivity index (χ4v) is 8.10. The Morgan fingerprint density at radius 2 is 1.72 bits per heavy atom. The number of thiazole rings is 1. The molecule has 0 saturated heterocycles. The molecule has 0 bridgehead atoms. The first kappa shape index (κ1) is 33.4. The average Bonchev–Trinajstić information content (AvgIpc) is 3.30. The lowest BCUT2D eigenvalue weighted by atomic mass is 9.94. The highest BCUT2D eigenvalue weighted by Gasteiger charge is 2.34. The van der Waals surface area contributed by atoms with E-state index in [1.165, 1.54) is 22.8 Å². The summed E-state index contributed by atoms with van der Waals surface area (Å²) in [6, 6.07) is 13.5. The van der Waals surface area contributed by atoms with Crippen molar-refractivity contribution in [3.05, 3.63) is 135 Å². The molecule has 0 spiro atoms. The molecule has 0 amide bonds. The van der Waals surface area contributed by atoms with E-state index in [0.29, 0.717) is 31.9 Å².